The standard InChI is InChI=1S/C22H16ClN3O4/c23-15-4-3-12-5-7-26(11-14(12)8-15)21-18(22(28)29)19(27)17(30-21)9-13-10-25-20-16(13)2-1-6-24-20/h1-4,6,8-10H,5,7,11H2,(H,24,25)(H,28,29)/b17-9-. The summed E-state index contributed by atoms with van der Waals surface area (Å²) in [6, 6.07) is 9.32. The first-order chi connectivity index (χ1) is 14.5. The number of H-pyrrole nitrogens is 1. The molecule has 30 heavy (non-hydrogen) atoms. The third-order valence-corrected chi connectivity index (χ3v) is 5.56. The molecule has 0 radical (unpaired) electrons. The zero-order valence-corrected chi connectivity index (χ0v) is 16.4. The average molecular weight is 422 g/mol. The molecule has 0 saturated heterocycles. The van der Waals surface area contributed by atoms with E-state index < -0.39 is 11.8 Å². The lowest BCUT2D eigenvalue weighted by Gasteiger charge is -2.30. The Hall–Kier alpha value is -3.58. The minimum Gasteiger partial charge on any atom is -0.477 e. The normalized spacial score (nSPS) is 17.6. The number of rotatable bonds is 3. The van der Waals surface area contributed by atoms with Gasteiger partial charge in [0, 0.05) is 41.5 Å². The van der Waals surface area contributed by atoms with Crippen molar-refractivity contribution in [3.05, 3.63) is 81.7 Å². The van der Waals surface area contributed by atoms with E-state index in [9.17, 15) is 14.7 Å². The number of carbonyl (C=O) groups is 2. The summed E-state index contributed by atoms with van der Waals surface area (Å²) in [5.41, 5.74) is 3.15. The van der Waals surface area contributed by atoms with E-state index in [2.05, 4.69) is 9.97 Å². The molecular weight excluding hydrogens is 406 g/mol. The van der Waals surface area contributed by atoms with Gasteiger partial charge in [0.1, 0.15) is 5.65 Å². The summed E-state index contributed by atoms with van der Waals surface area (Å²) in [6.45, 7) is 0.956. The molecule has 0 fully saturated rings. The van der Waals surface area contributed by atoms with Crippen LogP contribution in [0.4, 0.5) is 0 Å². The molecule has 2 N–H and O–H groups in total. The lowest BCUT2D eigenvalue weighted by Crippen LogP contribution is -2.31. The molecule has 150 valence electrons. The van der Waals surface area contributed by atoms with Crippen LogP contribution in [0.1, 0.15) is 16.7 Å². The fraction of sp³-hybridized carbons (Fsp3) is 0.136. The van der Waals surface area contributed by atoms with Crippen LogP contribution in [0.5, 0.6) is 0 Å². The van der Waals surface area contributed by atoms with Gasteiger partial charge in [-0.1, -0.05) is 17.7 Å². The van der Waals surface area contributed by atoms with Gasteiger partial charge in [0.15, 0.2) is 11.3 Å². The molecule has 5 rings (SSSR count). The van der Waals surface area contributed by atoms with Crippen molar-refractivity contribution in [2.45, 2.75) is 13.0 Å². The van der Waals surface area contributed by atoms with Gasteiger partial charge >= 0.3 is 5.97 Å². The summed E-state index contributed by atoms with van der Waals surface area (Å²) in [5.74, 6) is -1.91. The minimum absolute atomic E-state index is 0.0240. The third-order valence-electron chi connectivity index (χ3n) is 5.32. The molecule has 0 saturated carbocycles. The van der Waals surface area contributed by atoms with Gasteiger partial charge in [0.25, 0.3) is 0 Å². The molecule has 2 aliphatic rings. The minimum atomic E-state index is -1.31. The van der Waals surface area contributed by atoms with E-state index >= 15 is 0 Å². The number of carbonyl (C=O) groups excluding carboxylic acids is 1. The van der Waals surface area contributed by atoms with Crippen LogP contribution in [0.15, 0.2) is 59.9 Å². The van der Waals surface area contributed by atoms with Gasteiger partial charge < -0.3 is 19.7 Å². The molecule has 0 aliphatic carbocycles. The van der Waals surface area contributed by atoms with Crippen LogP contribution >= 0.6 is 11.6 Å². The highest BCUT2D eigenvalue weighted by Crippen LogP contribution is 2.34. The van der Waals surface area contributed by atoms with E-state index in [0.29, 0.717) is 35.7 Å². The Labute approximate surface area is 176 Å². The third kappa shape index (κ3) is 3.04. The van der Waals surface area contributed by atoms with Gasteiger partial charge in [0.05, 0.1) is 0 Å². The molecule has 0 unspecified atom stereocenters. The quantitative estimate of drug-likeness (QED) is 0.496. The maximum absolute atomic E-state index is 12.9. The zero-order valence-electron chi connectivity index (χ0n) is 15.7. The van der Waals surface area contributed by atoms with Gasteiger partial charge in [-0.05, 0) is 47.9 Å². The second-order valence-electron chi connectivity index (χ2n) is 7.15. The number of ether oxygens (including phenoxy) is 1. The molecule has 2 aliphatic heterocycles. The fourth-order valence-corrected chi connectivity index (χ4v) is 4.06. The number of Topliss-reactive ketones (excluding diaryl/α,β-unsaturated/α-hetero) is 1. The lowest BCUT2D eigenvalue weighted by molar-refractivity contribution is -0.134. The molecule has 3 aromatic rings. The van der Waals surface area contributed by atoms with Crippen molar-refractivity contribution in [3.8, 4) is 0 Å². The number of ketones is 1. The smallest absolute Gasteiger partial charge is 0.345 e. The van der Waals surface area contributed by atoms with Gasteiger partial charge in [-0.3, -0.25) is 4.79 Å². The number of carboxylic acid groups (broad SMARTS) is 1. The van der Waals surface area contributed by atoms with E-state index in [0.717, 1.165) is 16.5 Å². The number of hydrogen-bond donors (Lipinski definition) is 2. The second kappa shape index (κ2) is 7.03. The predicted octanol–water partition coefficient (Wildman–Crippen LogP) is 3.51. The number of nitrogens with one attached hydrogen (secondary N) is 1. The Kier molecular flexibility index (Phi) is 4.33. The molecular formula is C22H16ClN3O4. The Morgan fingerprint density at radius 1 is 1.30 bits per heavy atom. The van der Waals surface area contributed by atoms with Crippen molar-refractivity contribution in [2.24, 2.45) is 0 Å². The summed E-state index contributed by atoms with van der Waals surface area (Å²) in [5, 5.41) is 11.1. The average Bonchev–Trinajstić information content (AvgIpc) is 3.29. The number of hydrogen-bond acceptors (Lipinski definition) is 5. The van der Waals surface area contributed by atoms with Crippen molar-refractivity contribution >= 4 is 40.5 Å². The van der Waals surface area contributed by atoms with Crippen LogP contribution in [0, 0.1) is 0 Å². The number of allylic oxidation sites excluding steroid dienone is 1. The number of nitrogens with zero attached hydrogens (tertiary/aromatic N) is 2. The van der Waals surface area contributed by atoms with E-state index in [-0.39, 0.29) is 17.2 Å². The highest BCUT2D eigenvalue weighted by molar-refractivity contribution is 6.30. The van der Waals surface area contributed by atoms with Gasteiger partial charge in [0.2, 0.25) is 11.7 Å². The molecule has 7 nitrogen and oxygen atoms in total. The second-order valence-corrected chi connectivity index (χ2v) is 7.59. The molecule has 2 aromatic heterocycles. The van der Waals surface area contributed by atoms with Crippen LogP contribution in [0.3, 0.4) is 0 Å². The highest BCUT2D eigenvalue weighted by atomic mass is 35.5. The zero-order chi connectivity index (χ0) is 20.8. The number of aliphatic carboxylic acids is 1. The predicted molar refractivity (Wildman–Crippen MR) is 110 cm³/mol. The van der Waals surface area contributed by atoms with Crippen LogP contribution < -0.4 is 0 Å². The number of aromatic nitrogens is 2. The van der Waals surface area contributed by atoms with Crippen molar-refractivity contribution in [2.75, 3.05) is 6.54 Å². The first-order valence-corrected chi connectivity index (χ1v) is 9.75. The number of halogens is 1. The maximum atomic E-state index is 12.9. The molecule has 1 aromatic carbocycles. The van der Waals surface area contributed by atoms with E-state index in [1.54, 1.807) is 29.4 Å². The highest BCUT2D eigenvalue weighted by Gasteiger charge is 2.39. The van der Waals surface area contributed by atoms with Gasteiger partial charge in [-0.25, -0.2) is 9.78 Å². The Balaban J connectivity index is 1.50. The number of benzene rings is 1. The van der Waals surface area contributed by atoms with Gasteiger partial charge in [-0.15, -0.1) is 0 Å². The topological polar surface area (TPSA) is 95.5 Å². The number of carboxylic acids is 1. The molecule has 4 heterocycles. The monoisotopic (exact) mass is 421 g/mol. The Bertz CT molecular complexity index is 1270. The largest absolute Gasteiger partial charge is 0.477 e. The van der Waals surface area contributed by atoms with Crippen molar-refractivity contribution in [3.63, 3.8) is 0 Å². The summed E-state index contributed by atoms with van der Waals surface area (Å²) in [7, 11) is 0. The molecule has 0 atom stereocenters. The SMILES string of the molecule is O=C(O)C1=C(N2CCc3ccc(Cl)cc3C2)O/C(=C\c2c[nH]c3ncccc23)C1=O. The van der Waals surface area contributed by atoms with Gasteiger partial charge in [-0.2, -0.15) is 0 Å². The Morgan fingerprint density at radius 3 is 3.00 bits per heavy atom. The van der Waals surface area contributed by atoms with Crippen molar-refractivity contribution in [1.82, 2.24) is 14.9 Å². The molecule has 0 spiro atoms. The van der Waals surface area contributed by atoms with E-state index in [4.69, 9.17) is 16.3 Å². The molecule has 0 bridgehead atoms. The van der Waals surface area contributed by atoms with E-state index in [1.807, 2.05) is 24.3 Å². The first-order valence-electron chi connectivity index (χ1n) is 9.37. The summed E-state index contributed by atoms with van der Waals surface area (Å²) >= 11 is 6.11. The number of fused-ring (bicyclic) bond motifs is 2. The van der Waals surface area contributed by atoms with Crippen LogP contribution in [0.2, 0.25) is 5.02 Å². The summed E-state index contributed by atoms with van der Waals surface area (Å²) in [6.07, 6.45) is 5.62. The number of aromatic amines is 1. The van der Waals surface area contributed by atoms with Crippen LogP contribution in [-0.4, -0.2) is 38.3 Å². The summed E-state index contributed by atoms with van der Waals surface area (Å²) in [4.78, 5) is 33.8. The van der Waals surface area contributed by atoms with Crippen molar-refractivity contribution in [1.29, 1.82) is 0 Å². The van der Waals surface area contributed by atoms with Crippen molar-refractivity contribution < 1.29 is 19.4 Å². The first kappa shape index (κ1) is 18.4. The lowest BCUT2D eigenvalue weighted by atomic mass is 9.99. The Morgan fingerprint density at radius 2 is 2.17 bits per heavy atom. The molecule has 0 amide bonds. The van der Waals surface area contributed by atoms with Crippen LogP contribution in [0.25, 0.3) is 17.1 Å². The molecule has 8 heteroatoms. The van der Waals surface area contributed by atoms with E-state index in [1.165, 1.54) is 0 Å². The maximum Gasteiger partial charge on any atom is 0.345 e. The number of pyridine rings is 1. The fourth-order valence-electron chi connectivity index (χ4n) is 3.86. The van der Waals surface area contributed by atoms with Crippen LogP contribution in [-0.2, 0) is 27.3 Å². The summed E-state index contributed by atoms with van der Waals surface area (Å²) < 4.78 is 5.82.